The molecule has 0 bridgehead atoms. The van der Waals surface area contributed by atoms with E-state index in [9.17, 15) is 26.0 Å². The Morgan fingerprint density at radius 2 is 2.00 bits per heavy atom. The topological polar surface area (TPSA) is 105 Å². The van der Waals surface area contributed by atoms with E-state index >= 15 is 0 Å². The zero-order valence-corrected chi connectivity index (χ0v) is 19.3. The standard InChI is InChI=1S/C20H23F4N7O2S/c1-11-9-30(12(2)14(20(11,23)24)8-28-34(3,32)33)17-6-16(25-10-26-17)13-7-27-31-5-4-15(18(21)22)29-19(13)31/h4-7,10-12,14,18,28H,8-9H2,1-3H3. The second-order valence-electron chi connectivity index (χ2n) is 8.44. The number of nitrogens with one attached hydrogen (secondary N) is 1. The van der Waals surface area contributed by atoms with Gasteiger partial charge in [0.2, 0.25) is 10.0 Å². The van der Waals surface area contributed by atoms with Crippen molar-refractivity contribution in [2.75, 3.05) is 24.2 Å². The first-order valence-electron chi connectivity index (χ1n) is 10.4. The molecule has 9 nitrogen and oxygen atoms in total. The number of piperidine rings is 1. The van der Waals surface area contributed by atoms with Gasteiger partial charge < -0.3 is 4.90 Å². The molecule has 3 aromatic heterocycles. The molecule has 1 fully saturated rings. The molecule has 3 atom stereocenters. The van der Waals surface area contributed by atoms with E-state index < -0.39 is 52.5 Å². The van der Waals surface area contributed by atoms with Crippen molar-refractivity contribution in [3.63, 3.8) is 0 Å². The Kier molecular flexibility index (Phi) is 6.23. The van der Waals surface area contributed by atoms with Gasteiger partial charge in [-0.2, -0.15) is 5.10 Å². The first-order chi connectivity index (χ1) is 15.9. The SMILES string of the molecule is CC1C(CNS(C)(=O)=O)C(F)(F)C(C)CN1c1cc(-c2cnn3ccc(C(F)F)nc23)ncn1. The van der Waals surface area contributed by atoms with E-state index in [2.05, 4.69) is 24.8 Å². The van der Waals surface area contributed by atoms with Gasteiger partial charge in [-0.25, -0.2) is 50.2 Å². The number of nitrogens with zero attached hydrogens (tertiary/aromatic N) is 6. The number of anilines is 1. The van der Waals surface area contributed by atoms with Crippen molar-refractivity contribution in [3.05, 3.63) is 36.5 Å². The lowest BCUT2D eigenvalue weighted by molar-refractivity contribution is -0.120. The Hall–Kier alpha value is -2.87. The molecular formula is C20H23F4N7O2S. The van der Waals surface area contributed by atoms with Crippen molar-refractivity contribution in [1.82, 2.24) is 29.3 Å². The zero-order chi connectivity index (χ0) is 24.8. The maximum Gasteiger partial charge on any atom is 0.280 e. The monoisotopic (exact) mass is 501 g/mol. The van der Waals surface area contributed by atoms with E-state index in [-0.39, 0.29) is 12.2 Å². The molecule has 3 unspecified atom stereocenters. The largest absolute Gasteiger partial charge is 0.353 e. The van der Waals surface area contributed by atoms with Crippen LogP contribution in [0.15, 0.2) is 30.9 Å². The van der Waals surface area contributed by atoms with Gasteiger partial charge in [0.15, 0.2) is 5.65 Å². The minimum absolute atomic E-state index is 0.0253. The van der Waals surface area contributed by atoms with E-state index in [4.69, 9.17) is 0 Å². The fourth-order valence-corrected chi connectivity index (χ4v) is 4.66. The van der Waals surface area contributed by atoms with Crippen molar-refractivity contribution in [1.29, 1.82) is 0 Å². The third-order valence-electron chi connectivity index (χ3n) is 6.10. The number of hydrogen-bond acceptors (Lipinski definition) is 7. The summed E-state index contributed by atoms with van der Waals surface area (Å²) in [5.74, 6) is -5.16. The molecule has 1 N–H and O–H groups in total. The van der Waals surface area contributed by atoms with Crippen LogP contribution in [-0.2, 0) is 10.0 Å². The molecule has 3 aromatic rings. The predicted octanol–water partition coefficient (Wildman–Crippen LogP) is 2.77. The summed E-state index contributed by atoms with van der Waals surface area (Å²) in [5.41, 5.74) is 0.473. The number of sulfonamides is 1. The first kappa shape index (κ1) is 24.3. The maximum absolute atomic E-state index is 15.0. The van der Waals surface area contributed by atoms with Crippen molar-refractivity contribution >= 4 is 21.5 Å². The number of halogens is 4. The Morgan fingerprint density at radius 3 is 2.68 bits per heavy atom. The molecule has 184 valence electrons. The van der Waals surface area contributed by atoms with Crippen molar-refractivity contribution in [2.45, 2.75) is 32.2 Å². The van der Waals surface area contributed by atoms with Gasteiger partial charge in [-0.15, -0.1) is 0 Å². The van der Waals surface area contributed by atoms with Gasteiger partial charge in [0, 0.05) is 37.3 Å². The van der Waals surface area contributed by atoms with E-state index in [1.54, 1.807) is 17.9 Å². The van der Waals surface area contributed by atoms with Crippen LogP contribution in [0.3, 0.4) is 0 Å². The molecule has 4 heterocycles. The molecule has 0 amide bonds. The molecule has 34 heavy (non-hydrogen) atoms. The number of rotatable bonds is 6. The van der Waals surface area contributed by atoms with Crippen LogP contribution in [0.25, 0.3) is 16.9 Å². The van der Waals surface area contributed by atoms with Gasteiger partial charge in [-0.05, 0) is 13.0 Å². The lowest BCUT2D eigenvalue weighted by Crippen LogP contribution is -2.60. The minimum Gasteiger partial charge on any atom is -0.353 e. The van der Waals surface area contributed by atoms with Crippen LogP contribution in [0.1, 0.15) is 26.0 Å². The lowest BCUT2D eigenvalue weighted by atomic mass is 9.80. The van der Waals surface area contributed by atoms with E-state index in [0.29, 0.717) is 17.1 Å². The normalized spacial score (nSPS) is 23.1. The van der Waals surface area contributed by atoms with E-state index in [0.717, 1.165) is 6.26 Å². The van der Waals surface area contributed by atoms with Crippen LogP contribution in [0.5, 0.6) is 0 Å². The molecule has 0 radical (unpaired) electrons. The summed E-state index contributed by atoms with van der Waals surface area (Å²) in [6.45, 7) is 2.53. The fourth-order valence-electron chi connectivity index (χ4n) is 4.17. The van der Waals surface area contributed by atoms with Gasteiger partial charge >= 0.3 is 0 Å². The van der Waals surface area contributed by atoms with Gasteiger partial charge in [-0.1, -0.05) is 6.92 Å². The highest BCUT2D eigenvalue weighted by Gasteiger charge is 2.53. The van der Waals surface area contributed by atoms with Crippen LogP contribution < -0.4 is 9.62 Å². The Labute approximate surface area is 193 Å². The minimum atomic E-state index is -3.66. The average molecular weight is 502 g/mol. The van der Waals surface area contributed by atoms with Crippen molar-refractivity contribution < 1.29 is 26.0 Å². The molecule has 14 heteroatoms. The molecule has 1 aliphatic heterocycles. The predicted molar refractivity (Wildman–Crippen MR) is 116 cm³/mol. The number of hydrogen-bond donors (Lipinski definition) is 1. The Bertz CT molecular complexity index is 1300. The van der Waals surface area contributed by atoms with Crippen molar-refractivity contribution in [3.8, 4) is 11.3 Å². The molecule has 0 aliphatic carbocycles. The first-order valence-corrected chi connectivity index (χ1v) is 12.3. The lowest BCUT2D eigenvalue weighted by Gasteiger charge is -2.47. The van der Waals surface area contributed by atoms with Crippen LogP contribution in [0.4, 0.5) is 23.4 Å². The molecular weight excluding hydrogens is 478 g/mol. The summed E-state index contributed by atoms with van der Waals surface area (Å²) in [6, 6.07) is 1.96. The van der Waals surface area contributed by atoms with Crippen LogP contribution >= 0.6 is 0 Å². The zero-order valence-electron chi connectivity index (χ0n) is 18.5. The highest BCUT2D eigenvalue weighted by molar-refractivity contribution is 7.88. The Balaban J connectivity index is 1.70. The van der Waals surface area contributed by atoms with E-state index in [1.807, 2.05) is 0 Å². The number of fused-ring (bicyclic) bond motifs is 1. The van der Waals surface area contributed by atoms with E-state index in [1.165, 1.54) is 36.2 Å². The second kappa shape index (κ2) is 8.73. The van der Waals surface area contributed by atoms with Crippen LogP contribution in [0.2, 0.25) is 0 Å². The third-order valence-corrected chi connectivity index (χ3v) is 6.79. The number of alkyl halides is 4. The third kappa shape index (κ3) is 4.56. The molecule has 1 saturated heterocycles. The summed E-state index contributed by atoms with van der Waals surface area (Å²) >= 11 is 0. The van der Waals surface area contributed by atoms with Gasteiger partial charge in [0.1, 0.15) is 17.8 Å². The highest BCUT2D eigenvalue weighted by atomic mass is 32.2. The van der Waals surface area contributed by atoms with Crippen molar-refractivity contribution in [2.24, 2.45) is 11.8 Å². The summed E-state index contributed by atoms with van der Waals surface area (Å²) in [5, 5.41) is 4.11. The van der Waals surface area contributed by atoms with Gasteiger partial charge in [0.05, 0.1) is 29.6 Å². The van der Waals surface area contributed by atoms with Gasteiger partial charge in [0.25, 0.3) is 12.3 Å². The Morgan fingerprint density at radius 1 is 1.26 bits per heavy atom. The number of aromatic nitrogens is 5. The smallest absolute Gasteiger partial charge is 0.280 e. The van der Waals surface area contributed by atoms with Crippen LogP contribution in [-0.4, -0.2) is 64.3 Å². The van der Waals surface area contributed by atoms with Gasteiger partial charge in [-0.3, -0.25) is 0 Å². The molecule has 0 aromatic carbocycles. The molecule has 1 aliphatic rings. The molecule has 0 saturated carbocycles. The second-order valence-corrected chi connectivity index (χ2v) is 10.3. The highest BCUT2D eigenvalue weighted by Crippen LogP contribution is 2.42. The summed E-state index contributed by atoms with van der Waals surface area (Å²) < 4.78 is 82.8. The quantitative estimate of drug-likeness (QED) is 0.518. The molecule has 4 rings (SSSR count). The molecule has 0 spiro atoms. The van der Waals surface area contributed by atoms with Crippen LogP contribution in [0, 0.1) is 11.8 Å². The summed E-state index contributed by atoms with van der Waals surface area (Å²) in [4.78, 5) is 14.1. The summed E-state index contributed by atoms with van der Waals surface area (Å²) in [6.07, 6.45) is 2.20. The fraction of sp³-hybridized carbons (Fsp3) is 0.500. The summed E-state index contributed by atoms with van der Waals surface area (Å²) in [7, 11) is -3.66. The maximum atomic E-state index is 15.0. The average Bonchev–Trinajstić information content (AvgIpc) is 3.18.